The highest BCUT2D eigenvalue weighted by Crippen LogP contribution is 2.33. The second-order valence-electron chi connectivity index (χ2n) is 14.3. The fourth-order valence-corrected chi connectivity index (χ4v) is 8.46. The second-order valence-corrected chi connectivity index (χ2v) is 15.2. The number of piperidine rings is 3. The number of nitrogens with one attached hydrogen (secondary N) is 1. The first-order valence-corrected chi connectivity index (χ1v) is 18.9. The van der Waals surface area contributed by atoms with E-state index in [1.165, 1.54) is 7.05 Å². The van der Waals surface area contributed by atoms with Crippen LogP contribution in [0.1, 0.15) is 49.7 Å². The van der Waals surface area contributed by atoms with Gasteiger partial charge in [0.15, 0.2) is 6.10 Å². The van der Waals surface area contributed by atoms with E-state index in [4.69, 9.17) is 4.74 Å². The Morgan fingerprint density at radius 3 is 2.24 bits per heavy atom. The topological polar surface area (TPSA) is 146 Å². The standard InChI is InChI=1S/C37H49BrN6O7/c1-40(50)34(46)24-41-15-8-26(9-16-41)27-10-17-42(18-11-27)35(47)33(23-25-6-7-32(45)30(38)22-25)51-37(49)43-19-13-29(14-20-43)44-21-12-28-4-2-3-5-31(28)39-36(44)48/h2-7,22,26-27,29,33,45,50H,8-21,23-24H2,1H3,(H,39,48)/t33-/m1/s1. The van der Waals surface area contributed by atoms with Gasteiger partial charge in [-0.05, 0) is 115 Å². The first-order valence-electron chi connectivity index (χ1n) is 18.1. The molecule has 0 bridgehead atoms. The van der Waals surface area contributed by atoms with Crippen LogP contribution in [-0.4, -0.2) is 130 Å². The molecule has 276 valence electrons. The number of phenolic OH excluding ortho intramolecular Hbond substituents is 1. The van der Waals surface area contributed by atoms with E-state index >= 15 is 0 Å². The number of benzene rings is 2. The van der Waals surface area contributed by atoms with Crippen molar-refractivity contribution in [2.75, 3.05) is 64.7 Å². The van der Waals surface area contributed by atoms with Crippen LogP contribution in [-0.2, 0) is 27.2 Å². The predicted octanol–water partition coefficient (Wildman–Crippen LogP) is 4.56. The van der Waals surface area contributed by atoms with Crippen molar-refractivity contribution in [1.82, 2.24) is 24.7 Å². The third kappa shape index (κ3) is 9.14. The minimum atomic E-state index is -1.02. The lowest BCUT2D eigenvalue weighted by Crippen LogP contribution is -2.52. The van der Waals surface area contributed by atoms with Crippen LogP contribution in [0.5, 0.6) is 5.75 Å². The second kappa shape index (κ2) is 16.6. The Kier molecular flexibility index (Phi) is 12.0. The summed E-state index contributed by atoms with van der Waals surface area (Å²) >= 11 is 3.36. The summed E-state index contributed by atoms with van der Waals surface area (Å²) in [6.07, 6.45) is 4.28. The number of likely N-dealkylation sites (tertiary alicyclic amines) is 3. The molecule has 4 aliphatic heterocycles. The molecule has 3 fully saturated rings. The molecular weight excluding hydrogens is 720 g/mol. The smallest absolute Gasteiger partial charge is 0.410 e. The number of hydrogen-bond donors (Lipinski definition) is 3. The summed E-state index contributed by atoms with van der Waals surface area (Å²) < 4.78 is 6.52. The number of amides is 5. The number of urea groups is 1. The summed E-state index contributed by atoms with van der Waals surface area (Å²) in [4.78, 5) is 60.0. The highest BCUT2D eigenvalue weighted by Gasteiger charge is 2.37. The van der Waals surface area contributed by atoms with Crippen LogP contribution in [0, 0.1) is 11.8 Å². The average Bonchev–Trinajstić information content (AvgIpc) is 3.31. The highest BCUT2D eigenvalue weighted by molar-refractivity contribution is 9.10. The molecule has 0 saturated carbocycles. The van der Waals surface area contributed by atoms with Crippen molar-refractivity contribution in [3.63, 3.8) is 0 Å². The van der Waals surface area contributed by atoms with Gasteiger partial charge in [-0.15, -0.1) is 0 Å². The van der Waals surface area contributed by atoms with E-state index in [0.717, 1.165) is 62.0 Å². The van der Waals surface area contributed by atoms with Gasteiger partial charge in [-0.25, -0.2) is 14.7 Å². The van der Waals surface area contributed by atoms with Crippen LogP contribution >= 0.6 is 15.9 Å². The molecule has 5 amide bonds. The van der Waals surface area contributed by atoms with Gasteiger partial charge in [0, 0.05) is 57.9 Å². The van der Waals surface area contributed by atoms with Crippen LogP contribution in [0.4, 0.5) is 15.3 Å². The van der Waals surface area contributed by atoms with Gasteiger partial charge in [0.1, 0.15) is 5.75 Å². The number of fused-ring (bicyclic) bond motifs is 1. The van der Waals surface area contributed by atoms with Gasteiger partial charge in [-0.3, -0.25) is 19.7 Å². The molecule has 4 heterocycles. The van der Waals surface area contributed by atoms with Crippen LogP contribution in [0.25, 0.3) is 0 Å². The Hall–Kier alpha value is -3.88. The minimum absolute atomic E-state index is 0.00610. The molecule has 2 aromatic rings. The molecule has 3 saturated heterocycles. The summed E-state index contributed by atoms with van der Waals surface area (Å²) in [6, 6.07) is 12.7. The molecule has 14 heteroatoms. The lowest BCUT2D eigenvalue weighted by molar-refractivity contribution is -0.160. The van der Waals surface area contributed by atoms with Crippen molar-refractivity contribution in [2.24, 2.45) is 11.8 Å². The number of anilines is 1. The molecule has 4 aliphatic rings. The summed E-state index contributed by atoms with van der Waals surface area (Å²) in [6.45, 7) is 4.43. The normalized spacial score (nSPS) is 20.3. The predicted molar refractivity (Wildman–Crippen MR) is 193 cm³/mol. The third-order valence-corrected chi connectivity index (χ3v) is 11.8. The molecule has 0 aliphatic carbocycles. The molecule has 13 nitrogen and oxygen atoms in total. The van der Waals surface area contributed by atoms with Gasteiger partial charge in [0.25, 0.3) is 11.8 Å². The highest BCUT2D eigenvalue weighted by atomic mass is 79.9. The maximum atomic E-state index is 14.0. The van der Waals surface area contributed by atoms with E-state index < -0.39 is 12.2 Å². The number of hydrogen-bond acceptors (Lipinski definition) is 8. The fourth-order valence-electron chi connectivity index (χ4n) is 8.04. The Labute approximate surface area is 307 Å². The van der Waals surface area contributed by atoms with E-state index in [-0.39, 0.29) is 42.6 Å². The molecule has 0 spiro atoms. The van der Waals surface area contributed by atoms with Crippen molar-refractivity contribution < 1.29 is 34.2 Å². The number of carbonyl (C=O) groups is 4. The SMILES string of the molecule is CN(O)C(=O)CN1CCC(C2CCN(C(=O)[C@@H](Cc3ccc(O)c(Br)c3)OC(=O)N3CCC(N4CCc5ccccc5NC4=O)CC3)CC2)CC1. The number of likely N-dealkylation sites (N-methyl/N-ethyl adjacent to an activating group) is 1. The number of para-hydroxylation sites is 1. The molecule has 51 heavy (non-hydrogen) atoms. The summed E-state index contributed by atoms with van der Waals surface area (Å²) in [5, 5.41) is 23.1. The first-order chi connectivity index (χ1) is 24.5. The number of hydroxylamine groups is 2. The van der Waals surface area contributed by atoms with Crippen LogP contribution in [0.3, 0.4) is 0 Å². The van der Waals surface area contributed by atoms with Crippen molar-refractivity contribution in [1.29, 1.82) is 0 Å². The first kappa shape index (κ1) is 36.9. The molecular formula is C37H49BrN6O7. The number of aromatic hydroxyl groups is 1. The zero-order chi connectivity index (χ0) is 36.1. The van der Waals surface area contributed by atoms with E-state index in [1.54, 1.807) is 23.1 Å². The quantitative estimate of drug-likeness (QED) is 0.262. The van der Waals surface area contributed by atoms with Gasteiger partial charge in [0.2, 0.25) is 0 Å². The monoisotopic (exact) mass is 768 g/mol. The minimum Gasteiger partial charge on any atom is -0.507 e. The zero-order valence-corrected chi connectivity index (χ0v) is 30.8. The van der Waals surface area contributed by atoms with Crippen LogP contribution < -0.4 is 5.32 Å². The summed E-state index contributed by atoms with van der Waals surface area (Å²) in [5.74, 6) is 0.547. The number of phenols is 1. The molecule has 0 radical (unpaired) electrons. The van der Waals surface area contributed by atoms with Crippen molar-refractivity contribution in [2.45, 2.75) is 63.5 Å². The summed E-state index contributed by atoms with van der Waals surface area (Å²) in [5.41, 5.74) is 2.71. The van der Waals surface area contributed by atoms with Crippen molar-refractivity contribution in [3.05, 3.63) is 58.1 Å². The van der Waals surface area contributed by atoms with E-state index in [2.05, 4.69) is 26.1 Å². The van der Waals surface area contributed by atoms with Gasteiger partial charge in [0.05, 0.1) is 11.0 Å². The zero-order valence-electron chi connectivity index (χ0n) is 29.2. The van der Waals surface area contributed by atoms with Crippen molar-refractivity contribution >= 4 is 45.6 Å². The fraction of sp³-hybridized carbons (Fsp3) is 0.568. The summed E-state index contributed by atoms with van der Waals surface area (Å²) in [7, 11) is 1.35. The van der Waals surface area contributed by atoms with Crippen LogP contribution in [0.15, 0.2) is 46.9 Å². The number of carbonyl (C=O) groups excluding carboxylic acids is 4. The number of halogens is 1. The molecule has 0 unspecified atom stereocenters. The Morgan fingerprint density at radius 1 is 0.922 bits per heavy atom. The van der Waals surface area contributed by atoms with Gasteiger partial charge < -0.3 is 29.9 Å². The Morgan fingerprint density at radius 2 is 1.57 bits per heavy atom. The van der Waals surface area contributed by atoms with Gasteiger partial charge in [-0.2, -0.15) is 0 Å². The average molecular weight is 770 g/mol. The molecule has 0 aromatic heterocycles. The lowest BCUT2D eigenvalue weighted by atomic mass is 9.78. The van der Waals surface area contributed by atoms with E-state index in [0.29, 0.717) is 66.9 Å². The van der Waals surface area contributed by atoms with Gasteiger partial charge >= 0.3 is 12.1 Å². The molecule has 1 atom stereocenters. The Balaban J connectivity index is 1.03. The third-order valence-electron chi connectivity index (χ3n) is 11.1. The van der Waals surface area contributed by atoms with E-state index in [9.17, 15) is 29.5 Å². The molecule has 3 N–H and O–H groups in total. The maximum Gasteiger partial charge on any atom is 0.410 e. The van der Waals surface area contributed by atoms with Crippen molar-refractivity contribution in [3.8, 4) is 5.75 Å². The van der Waals surface area contributed by atoms with Crippen LogP contribution in [0.2, 0.25) is 0 Å². The molecule has 2 aromatic carbocycles. The largest absolute Gasteiger partial charge is 0.507 e. The van der Waals surface area contributed by atoms with Gasteiger partial charge in [-0.1, -0.05) is 24.3 Å². The Bertz CT molecular complexity index is 1570. The molecule has 6 rings (SSSR count). The maximum absolute atomic E-state index is 14.0. The number of nitrogens with zero attached hydrogens (tertiary/aromatic N) is 5. The number of ether oxygens (including phenoxy) is 1. The number of rotatable bonds is 8. The van der Waals surface area contributed by atoms with E-state index in [1.807, 2.05) is 34.1 Å². The lowest BCUT2D eigenvalue weighted by Gasteiger charge is -2.41.